The van der Waals surface area contributed by atoms with Gasteiger partial charge in [-0.15, -0.1) is 0 Å². The van der Waals surface area contributed by atoms with Gasteiger partial charge in [0.15, 0.2) is 0 Å². The minimum Gasteiger partial charge on any atom is -0.493 e. The van der Waals surface area contributed by atoms with Gasteiger partial charge in [0.25, 0.3) is 0 Å². The van der Waals surface area contributed by atoms with Crippen molar-refractivity contribution in [3.05, 3.63) is 29.3 Å². The van der Waals surface area contributed by atoms with E-state index in [-0.39, 0.29) is 0 Å². The third-order valence-electron chi connectivity index (χ3n) is 3.24. The van der Waals surface area contributed by atoms with Gasteiger partial charge in [0, 0.05) is 6.04 Å². The summed E-state index contributed by atoms with van der Waals surface area (Å²) in [5.74, 6) is 1.07. The quantitative estimate of drug-likeness (QED) is 0.707. The first kappa shape index (κ1) is 15.0. The standard InChI is InChI=1S/C16H27NO/c1-5-17-15(4)11-6-7-12-18-16-13(2)9-8-10-14(16)3/h8-10,15,17H,5-7,11-12H2,1-4H3. The largest absolute Gasteiger partial charge is 0.493 e. The summed E-state index contributed by atoms with van der Waals surface area (Å²) < 4.78 is 5.89. The first-order valence-corrected chi connectivity index (χ1v) is 7.07. The van der Waals surface area contributed by atoms with Crippen LogP contribution in [0.1, 0.15) is 44.2 Å². The van der Waals surface area contributed by atoms with Crippen LogP contribution >= 0.6 is 0 Å². The molecule has 0 spiro atoms. The zero-order chi connectivity index (χ0) is 13.4. The maximum absolute atomic E-state index is 5.89. The van der Waals surface area contributed by atoms with Crippen molar-refractivity contribution in [3.63, 3.8) is 0 Å². The molecule has 0 amide bonds. The van der Waals surface area contributed by atoms with Crippen LogP contribution in [-0.4, -0.2) is 19.2 Å². The Morgan fingerprint density at radius 1 is 1.17 bits per heavy atom. The number of aryl methyl sites for hydroxylation is 2. The SMILES string of the molecule is CCNC(C)CCCCOc1c(C)cccc1C. The Labute approximate surface area is 112 Å². The fourth-order valence-electron chi connectivity index (χ4n) is 2.20. The van der Waals surface area contributed by atoms with Crippen LogP contribution in [0.4, 0.5) is 0 Å². The molecule has 0 heterocycles. The van der Waals surface area contributed by atoms with Crippen molar-refractivity contribution < 1.29 is 4.74 Å². The average Bonchev–Trinajstić information content (AvgIpc) is 2.32. The molecule has 0 saturated heterocycles. The highest BCUT2D eigenvalue weighted by Gasteiger charge is 2.03. The molecule has 1 rings (SSSR count). The second-order valence-corrected chi connectivity index (χ2v) is 5.02. The maximum Gasteiger partial charge on any atom is 0.125 e. The van der Waals surface area contributed by atoms with Crippen LogP contribution in [0.15, 0.2) is 18.2 Å². The Hall–Kier alpha value is -1.02. The molecule has 0 fully saturated rings. The topological polar surface area (TPSA) is 21.3 Å². The van der Waals surface area contributed by atoms with Gasteiger partial charge in [-0.1, -0.05) is 25.1 Å². The van der Waals surface area contributed by atoms with Crippen LogP contribution in [0.5, 0.6) is 5.75 Å². The number of ether oxygens (including phenoxy) is 1. The van der Waals surface area contributed by atoms with Crippen LogP contribution in [-0.2, 0) is 0 Å². The fourth-order valence-corrected chi connectivity index (χ4v) is 2.20. The number of unbranched alkanes of at least 4 members (excludes halogenated alkanes) is 1. The van der Waals surface area contributed by atoms with Gasteiger partial charge in [0.2, 0.25) is 0 Å². The molecule has 0 radical (unpaired) electrons. The van der Waals surface area contributed by atoms with Gasteiger partial charge in [0.1, 0.15) is 5.75 Å². The molecule has 102 valence electrons. The van der Waals surface area contributed by atoms with E-state index in [0.717, 1.165) is 25.3 Å². The molecule has 0 bridgehead atoms. The van der Waals surface area contributed by atoms with Gasteiger partial charge >= 0.3 is 0 Å². The third kappa shape index (κ3) is 5.09. The zero-order valence-electron chi connectivity index (χ0n) is 12.3. The Balaban J connectivity index is 2.22. The summed E-state index contributed by atoms with van der Waals surface area (Å²) in [5, 5.41) is 3.43. The van der Waals surface area contributed by atoms with E-state index in [2.05, 4.69) is 51.2 Å². The highest BCUT2D eigenvalue weighted by molar-refractivity contribution is 5.39. The van der Waals surface area contributed by atoms with E-state index < -0.39 is 0 Å². The van der Waals surface area contributed by atoms with Crippen molar-refractivity contribution in [2.75, 3.05) is 13.2 Å². The minimum absolute atomic E-state index is 0.621. The lowest BCUT2D eigenvalue weighted by Crippen LogP contribution is -2.25. The number of benzene rings is 1. The normalized spacial score (nSPS) is 12.4. The summed E-state index contributed by atoms with van der Waals surface area (Å²) in [4.78, 5) is 0. The van der Waals surface area contributed by atoms with Crippen LogP contribution in [0.2, 0.25) is 0 Å². The fraction of sp³-hybridized carbons (Fsp3) is 0.625. The predicted molar refractivity (Wildman–Crippen MR) is 78.4 cm³/mol. The zero-order valence-corrected chi connectivity index (χ0v) is 12.3. The number of hydrogen-bond donors (Lipinski definition) is 1. The molecule has 1 aromatic rings. The van der Waals surface area contributed by atoms with E-state index >= 15 is 0 Å². The molecule has 1 aromatic carbocycles. The van der Waals surface area contributed by atoms with Crippen molar-refractivity contribution in [1.29, 1.82) is 0 Å². The summed E-state index contributed by atoms with van der Waals surface area (Å²) in [6.07, 6.45) is 3.58. The molecule has 0 aliphatic heterocycles. The second kappa shape index (κ2) is 8.15. The van der Waals surface area contributed by atoms with Gasteiger partial charge in [0.05, 0.1) is 6.61 Å². The lowest BCUT2D eigenvalue weighted by Gasteiger charge is -2.13. The van der Waals surface area contributed by atoms with E-state index in [4.69, 9.17) is 4.74 Å². The van der Waals surface area contributed by atoms with E-state index in [1.54, 1.807) is 0 Å². The minimum atomic E-state index is 0.621. The Morgan fingerprint density at radius 3 is 2.44 bits per heavy atom. The smallest absolute Gasteiger partial charge is 0.125 e. The molecule has 0 aliphatic rings. The summed E-state index contributed by atoms with van der Waals surface area (Å²) >= 11 is 0. The molecule has 1 atom stereocenters. The Morgan fingerprint density at radius 2 is 1.83 bits per heavy atom. The highest BCUT2D eigenvalue weighted by Crippen LogP contribution is 2.22. The summed E-state index contributed by atoms with van der Waals surface area (Å²) in [5.41, 5.74) is 2.46. The lowest BCUT2D eigenvalue weighted by molar-refractivity contribution is 0.298. The van der Waals surface area contributed by atoms with E-state index in [9.17, 15) is 0 Å². The van der Waals surface area contributed by atoms with Crippen LogP contribution in [0.3, 0.4) is 0 Å². The second-order valence-electron chi connectivity index (χ2n) is 5.02. The molecule has 0 aliphatic carbocycles. The molecule has 2 heteroatoms. The maximum atomic E-state index is 5.89. The van der Waals surface area contributed by atoms with Crippen molar-refractivity contribution in [1.82, 2.24) is 5.32 Å². The highest BCUT2D eigenvalue weighted by atomic mass is 16.5. The number of rotatable bonds is 8. The van der Waals surface area contributed by atoms with Gasteiger partial charge < -0.3 is 10.1 Å². The van der Waals surface area contributed by atoms with Gasteiger partial charge in [-0.2, -0.15) is 0 Å². The van der Waals surface area contributed by atoms with Gasteiger partial charge in [-0.3, -0.25) is 0 Å². The van der Waals surface area contributed by atoms with E-state index in [1.165, 1.54) is 24.0 Å². The molecule has 0 saturated carbocycles. The van der Waals surface area contributed by atoms with Crippen LogP contribution < -0.4 is 10.1 Å². The van der Waals surface area contributed by atoms with Gasteiger partial charge in [-0.25, -0.2) is 0 Å². The van der Waals surface area contributed by atoms with Crippen LogP contribution in [0, 0.1) is 13.8 Å². The average molecular weight is 249 g/mol. The Bertz CT molecular complexity index is 329. The first-order chi connectivity index (χ1) is 8.65. The van der Waals surface area contributed by atoms with Crippen LogP contribution in [0.25, 0.3) is 0 Å². The number of para-hydroxylation sites is 1. The molecular formula is C16H27NO. The first-order valence-electron chi connectivity index (χ1n) is 7.07. The predicted octanol–water partition coefficient (Wildman–Crippen LogP) is 3.85. The molecule has 1 unspecified atom stereocenters. The van der Waals surface area contributed by atoms with Gasteiger partial charge in [-0.05, 0) is 57.7 Å². The van der Waals surface area contributed by atoms with E-state index in [1.807, 2.05) is 0 Å². The molecular weight excluding hydrogens is 222 g/mol. The van der Waals surface area contributed by atoms with Crippen molar-refractivity contribution in [2.24, 2.45) is 0 Å². The Kier molecular flexibility index (Phi) is 6.81. The van der Waals surface area contributed by atoms with Crippen molar-refractivity contribution in [2.45, 2.75) is 53.0 Å². The molecule has 18 heavy (non-hydrogen) atoms. The number of nitrogens with one attached hydrogen (secondary N) is 1. The van der Waals surface area contributed by atoms with Crippen molar-refractivity contribution in [3.8, 4) is 5.75 Å². The summed E-state index contributed by atoms with van der Waals surface area (Å²) in [6, 6.07) is 6.91. The molecule has 0 aromatic heterocycles. The lowest BCUT2D eigenvalue weighted by atomic mass is 10.1. The number of hydrogen-bond acceptors (Lipinski definition) is 2. The molecule has 1 N–H and O–H groups in total. The summed E-state index contributed by atoms with van der Waals surface area (Å²) in [6.45, 7) is 10.5. The third-order valence-corrected chi connectivity index (χ3v) is 3.24. The molecule has 2 nitrogen and oxygen atoms in total. The van der Waals surface area contributed by atoms with E-state index in [0.29, 0.717) is 6.04 Å². The monoisotopic (exact) mass is 249 g/mol. The van der Waals surface area contributed by atoms with Crippen molar-refractivity contribution >= 4 is 0 Å². The summed E-state index contributed by atoms with van der Waals surface area (Å²) in [7, 11) is 0.